The lowest BCUT2D eigenvalue weighted by Crippen LogP contribution is -2.54. The molecule has 12 heteroatoms. The van der Waals surface area contributed by atoms with E-state index < -0.39 is 46.8 Å². The third-order valence-electron chi connectivity index (χ3n) is 5.61. The van der Waals surface area contributed by atoms with Crippen LogP contribution in [0.5, 0.6) is 0 Å². The van der Waals surface area contributed by atoms with Gasteiger partial charge in [-0.2, -0.15) is 0 Å². The summed E-state index contributed by atoms with van der Waals surface area (Å²) in [7, 11) is 0.157. The van der Waals surface area contributed by atoms with Crippen LogP contribution in [0.1, 0.15) is 23.2 Å². The molecule has 5 N–H and O–H groups in total. The van der Waals surface area contributed by atoms with Crippen LogP contribution >= 0.6 is 0 Å². The Balaban J connectivity index is 1.51. The second kappa shape index (κ2) is 12.8. The van der Waals surface area contributed by atoms with Crippen LogP contribution < -0.4 is 21.3 Å². The summed E-state index contributed by atoms with van der Waals surface area (Å²) in [5.41, 5.74) is 1.10. The number of benzene rings is 2. The van der Waals surface area contributed by atoms with Crippen LogP contribution in [-0.2, 0) is 25.4 Å². The molecule has 0 spiro atoms. The number of nitrogens with one attached hydrogen (secondary N) is 4. The number of carboxylic acid groups (broad SMARTS) is 1. The maximum Gasteiger partial charge on any atom is 0.328 e. The largest absolute Gasteiger partial charge is 0.480 e. The molecule has 3 rings (SSSR count). The van der Waals surface area contributed by atoms with Crippen molar-refractivity contribution in [2.45, 2.75) is 29.8 Å². The lowest BCUT2D eigenvalue weighted by Gasteiger charge is -2.24. The van der Waals surface area contributed by atoms with Gasteiger partial charge in [-0.1, -0.05) is 24.3 Å². The van der Waals surface area contributed by atoms with Gasteiger partial charge in [-0.25, -0.2) is 13.3 Å². The van der Waals surface area contributed by atoms with Gasteiger partial charge < -0.3 is 26.4 Å². The Labute approximate surface area is 211 Å². The van der Waals surface area contributed by atoms with Crippen molar-refractivity contribution in [1.82, 2.24) is 20.3 Å². The smallest absolute Gasteiger partial charge is 0.328 e. The van der Waals surface area contributed by atoms with Gasteiger partial charge in [-0.05, 0) is 43.2 Å². The molecule has 3 atom stereocenters. The highest BCUT2D eigenvalue weighted by Crippen LogP contribution is 2.23. The van der Waals surface area contributed by atoms with Gasteiger partial charge in [-0.15, -0.1) is 0 Å². The minimum atomic E-state index is -1.56. The topological polar surface area (TPSA) is 157 Å². The molecule has 2 aromatic rings. The molecule has 3 amide bonds. The van der Waals surface area contributed by atoms with E-state index in [1.165, 1.54) is 0 Å². The van der Waals surface area contributed by atoms with Gasteiger partial charge in [-0.3, -0.25) is 14.4 Å². The summed E-state index contributed by atoms with van der Waals surface area (Å²) in [6.45, 7) is -0.306. The van der Waals surface area contributed by atoms with Crippen LogP contribution in [0.4, 0.5) is 5.69 Å². The number of carboxylic acids is 1. The summed E-state index contributed by atoms with van der Waals surface area (Å²) >= 11 is 0. The van der Waals surface area contributed by atoms with E-state index in [0.29, 0.717) is 29.8 Å². The number of rotatable bonds is 11. The minimum absolute atomic E-state index is 0.360. The number of nitrogens with zero attached hydrogens (tertiary/aromatic N) is 1. The summed E-state index contributed by atoms with van der Waals surface area (Å²) < 4.78 is 14.4. The first-order chi connectivity index (χ1) is 17.3. The highest BCUT2D eigenvalue weighted by Gasteiger charge is 2.36. The van der Waals surface area contributed by atoms with Crippen molar-refractivity contribution in [1.29, 1.82) is 0 Å². The molecule has 36 heavy (non-hydrogen) atoms. The first-order valence-electron chi connectivity index (χ1n) is 11.4. The number of carbonyl (C=O) groups is 4. The van der Waals surface area contributed by atoms with Gasteiger partial charge in [0.05, 0.1) is 11.4 Å². The monoisotopic (exact) mass is 515 g/mol. The second-order valence-corrected chi connectivity index (χ2v) is 9.52. The Kier molecular flexibility index (Phi) is 9.53. The van der Waals surface area contributed by atoms with Crippen LogP contribution in [0.3, 0.4) is 0 Å². The van der Waals surface area contributed by atoms with E-state index in [0.717, 1.165) is 5.69 Å². The molecule has 11 nitrogen and oxygen atoms in total. The zero-order chi connectivity index (χ0) is 26.1. The van der Waals surface area contributed by atoms with Crippen LogP contribution in [0.25, 0.3) is 0 Å². The number of hydrogen-bond acceptors (Lipinski definition) is 6. The Morgan fingerprint density at radius 3 is 2.53 bits per heavy atom. The molecular formula is C24H29N5O6S. The fourth-order valence-corrected chi connectivity index (χ4v) is 5.09. The van der Waals surface area contributed by atoms with E-state index in [1.807, 2.05) is 0 Å². The van der Waals surface area contributed by atoms with Gasteiger partial charge >= 0.3 is 5.97 Å². The summed E-state index contributed by atoms with van der Waals surface area (Å²) in [5, 5.41) is 19.8. The van der Waals surface area contributed by atoms with E-state index in [9.17, 15) is 28.5 Å². The third-order valence-corrected chi connectivity index (χ3v) is 7.14. The minimum Gasteiger partial charge on any atom is -0.480 e. The fraction of sp³-hybridized carbons (Fsp3) is 0.333. The molecule has 1 fully saturated rings. The predicted molar refractivity (Wildman–Crippen MR) is 133 cm³/mol. The molecule has 0 aliphatic carbocycles. The molecule has 2 aromatic carbocycles. The Morgan fingerprint density at radius 1 is 1.08 bits per heavy atom. The van der Waals surface area contributed by atoms with Crippen LogP contribution in [0.15, 0.2) is 59.5 Å². The fourth-order valence-electron chi connectivity index (χ4n) is 3.70. The molecule has 1 saturated heterocycles. The maximum absolute atomic E-state index is 12.9. The number of anilines is 1. The average Bonchev–Trinajstić information content (AvgIpc) is 3.39. The Hall–Kier alpha value is -3.77. The third kappa shape index (κ3) is 7.12. The van der Waals surface area contributed by atoms with E-state index >= 15 is 0 Å². The zero-order valence-corrected chi connectivity index (χ0v) is 20.5. The zero-order valence-electron chi connectivity index (χ0n) is 19.7. The molecule has 1 heterocycles. The standard InChI is InChI=1S/C24H29N5O6S/c1-25-17-8-5-7-16(13-17)22(31)27-15-21(30)26-14-19(24(33)34)28-23(32)20-11-6-12-29(20)36(35)18-9-3-2-4-10-18/h2-5,7-10,13,19-20,25H,6,11-12,14-15H2,1H3,(H,26,30)(H,27,31)(H,28,32)(H,33,34). The van der Waals surface area contributed by atoms with Crippen molar-refractivity contribution >= 4 is 40.4 Å². The molecule has 0 bridgehead atoms. The molecule has 0 radical (unpaired) electrons. The lowest BCUT2D eigenvalue weighted by molar-refractivity contribution is -0.142. The lowest BCUT2D eigenvalue weighted by atomic mass is 10.2. The van der Waals surface area contributed by atoms with E-state index in [-0.39, 0.29) is 13.1 Å². The molecule has 0 aromatic heterocycles. The van der Waals surface area contributed by atoms with Gasteiger partial charge in [0.2, 0.25) is 11.8 Å². The Morgan fingerprint density at radius 2 is 1.83 bits per heavy atom. The highest BCUT2D eigenvalue weighted by atomic mass is 32.2. The van der Waals surface area contributed by atoms with Gasteiger partial charge in [0.15, 0.2) is 0 Å². The quantitative estimate of drug-likeness (QED) is 0.289. The van der Waals surface area contributed by atoms with E-state index in [4.69, 9.17) is 0 Å². The van der Waals surface area contributed by atoms with Crippen molar-refractivity contribution in [3.05, 3.63) is 60.2 Å². The van der Waals surface area contributed by atoms with Gasteiger partial charge in [0.1, 0.15) is 23.1 Å². The molecule has 1 aliphatic heterocycles. The molecule has 0 saturated carbocycles. The van der Waals surface area contributed by atoms with Crippen molar-refractivity contribution in [3.8, 4) is 0 Å². The first kappa shape index (κ1) is 26.8. The normalized spacial score (nSPS) is 17.0. The average molecular weight is 516 g/mol. The van der Waals surface area contributed by atoms with Crippen molar-refractivity contribution in [2.75, 3.05) is 32.0 Å². The van der Waals surface area contributed by atoms with E-state index in [1.54, 1.807) is 66.0 Å². The molecular weight excluding hydrogens is 486 g/mol. The molecule has 1 aliphatic rings. The van der Waals surface area contributed by atoms with Crippen LogP contribution in [0.2, 0.25) is 0 Å². The summed E-state index contributed by atoms with van der Waals surface area (Å²) in [6, 6.07) is 13.3. The predicted octanol–water partition coefficient (Wildman–Crippen LogP) is 0.331. The summed E-state index contributed by atoms with van der Waals surface area (Å²) in [4.78, 5) is 49.5. The number of aliphatic carboxylic acids is 1. The summed E-state index contributed by atoms with van der Waals surface area (Å²) in [5.74, 6) is -2.97. The summed E-state index contributed by atoms with van der Waals surface area (Å²) in [6.07, 6.45) is 1.08. The van der Waals surface area contributed by atoms with Crippen molar-refractivity contribution in [3.63, 3.8) is 0 Å². The number of carbonyl (C=O) groups excluding carboxylic acids is 3. The van der Waals surface area contributed by atoms with Gasteiger partial charge in [0, 0.05) is 31.4 Å². The van der Waals surface area contributed by atoms with E-state index in [2.05, 4.69) is 21.3 Å². The molecule has 192 valence electrons. The van der Waals surface area contributed by atoms with Crippen LogP contribution in [0, 0.1) is 0 Å². The number of hydrogen-bond donors (Lipinski definition) is 5. The number of amides is 3. The van der Waals surface area contributed by atoms with Gasteiger partial charge in [0.25, 0.3) is 5.91 Å². The maximum atomic E-state index is 12.9. The highest BCUT2D eigenvalue weighted by molar-refractivity contribution is 7.82. The van der Waals surface area contributed by atoms with Crippen LogP contribution in [-0.4, -0.2) is 76.1 Å². The SMILES string of the molecule is CNc1cccc(C(=O)NCC(=O)NCC(NC(=O)C2CCCN2S(=O)c2ccccc2)C(=O)O)c1. The second-order valence-electron chi connectivity index (χ2n) is 8.08. The first-order valence-corrected chi connectivity index (χ1v) is 12.5. The van der Waals surface area contributed by atoms with Crippen molar-refractivity contribution in [2.24, 2.45) is 0 Å². The molecule has 3 unspecified atom stereocenters. The Bertz CT molecular complexity index is 1130. The van der Waals surface area contributed by atoms with Crippen molar-refractivity contribution < 1.29 is 28.5 Å².